The lowest BCUT2D eigenvalue weighted by Gasteiger charge is -2.10. The molecule has 0 radical (unpaired) electrons. The van der Waals surface area contributed by atoms with Gasteiger partial charge in [0.05, 0.1) is 10.7 Å². The Balaban J connectivity index is 2.48. The highest BCUT2D eigenvalue weighted by Crippen LogP contribution is 2.19. The van der Waals surface area contributed by atoms with Crippen molar-refractivity contribution >= 4 is 23.3 Å². The Morgan fingerprint density at radius 1 is 1.40 bits per heavy atom. The van der Waals surface area contributed by atoms with Gasteiger partial charge in [0.1, 0.15) is 0 Å². The molecular formula is C11H15ClN2O. The fourth-order valence-electron chi connectivity index (χ4n) is 1.03. The van der Waals surface area contributed by atoms with Crippen LogP contribution in [-0.2, 0) is 0 Å². The fraction of sp³-hybridized carbons (Fsp3) is 0.364. The summed E-state index contributed by atoms with van der Waals surface area (Å²) in [5.41, 5.74) is 0.625. The van der Waals surface area contributed by atoms with E-state index >= 15 is 0 Å². The SMILES string of the molecule is CC(C)CNC(=O)Nc1ccccc1Cl. The molecule has 1 aromatic rings. The molecule has 82 valence electrons. The topological polar surface area (TPSA) is 41.1 Å². The van der Waals surface area contributed by atoms with E-state index in [-0.39, 0.29) is 6.03 Å². The zero-order valence-electron chi connectivity index (χ0n) is 8.88. The minimum absolute atomic E-state index is 0.225. The smallest absolute Gasteiger partial charge is 0.319 e. The number of nitrogens with one attached hydrogen (secondary N) is 2. The van der Waals surface area contributed by atoms with Crippen LogP contribution >= 0.6 is 11.6 Å². The molecule has 0 aliphatic carbocycles. The maximum Gasteiger partial charge on any atom is 0.319 e. The van der Waals surface area contributed by atoms with Crippen molar-refractivity contribution in [2.24, 2.45) is 5.92 Å². The van der Waals surface area contributed by atoms with Crippen molar-refractivity contribution in [3.63, 3.8) is 0 Å². The third-order valence-corrected chi connectivity index (χ3v) is 2.12. The number of carbonyl (C=O) groups is 1. The lowest BCUT2D eigenvalue weighted by Crippen LogP contribution is -2.31. The molecular weight excluding hydrogens is 212 g/mol. The lowest BCUT2D eigenvalue weighted by atomic mass is 10.2. The standard InChI is InChI=1S/C11H15ClN2O/c1-8(2)7-13-11(15)14-10-6-4-3-5-9(10)12/h3-6,8H,7H2,1-2H3,(H2,13,14,15). The second kappa shape index (κ2) is 5.61. The van der Waals surface area contributed by atoms with E-state index in [1.807, 2.05) is 26.0 Å². The van der Waals surface area contributed by atoms with Gasteiger partial charge in [0.2, 0.25) is 0 Å². The van der Waals surface area contributed by atoms with Crippen LogP contribution in [0.5, 0.6) is 0 Å². The highest BCUT2D eigenvalue weighted by molar-refractivity contribution is 6.33. The summed E-state index contributed by atoms with van der Waals surface area (Å²) in [4.78, 5) is 11.4. The Morgan fingerprint density at radius 2 is 2.07 bits per heavy atom. The zero-order valence-corrected chi connectivity index (χ0v) is 9.64. The lowest BCUT2D eigenvalue weighted by molar-refractivity contribution is 0.251. The van der Waals surface area contributed by atoms with Gasteiger partial charge in [-0.25, -0.2) is 4.79 Å². The van der Waals surface area contributed by atoms with E-state index in [0.717, 1.165) is 0 Å². The van der Waals surface area contributed by atoms with Crippen molar-refractivity contribution in [3.8, 4) is 0 Å². The molecule has 0 bridgehead atoms. The first kappa shape index (κ1) is 11.9. The molecule has 15 heavy (non-hydrogen) atoms. The molecule has 3 nitrogen and oxygen atoms in total. The normalized spacial score (nSPS) is 10.1. The average molecular weight is 227 g/mol. The van der Waals surface area contributed by atoms with Gasteiger partial charge in [0.25, 0.3) is 0 Å². The largest absolute Gasteiger partial charge is 0.338 e. The molecule has 1 aromatic carbocycles. The second-order valence-corrected chi connectivity index (χ2v) is 4.12. The van der Waals surface area contributed by atoms with Crippen LogP contribution in [0.2, 0.25) is 5.02 Å². The molecule has 0 aliphatic heterocycles. The predicted molar refractivity (Wildman–Crippen MR) is 63.3 cm³/mol. The Bertz CT molecular complexity index is 339. The summed E-state index contributed by atoms with van der Waals surface area (Å²) in [6, 6.07) is 6.91. The molecule has 2 amide bonds. The van der Waals surface area contributed by atoms with E-state index in [9.17, 15) is 4.79 Å². The van der Waals surface area contributed by atoms with Gasteiger partial charge in [0.15, 0.2) is 0 Å². The first-order valence-corrected chi connectivity index (χ1v) is 5.26. The van der Waals surface area contributed by atoms with Crippen LogP contribution in [-0.4, -0.2) is 12.6 Å². The maximum absolute atomic E-state index is 11.4. The van der Waals surface area contributed by atoms with Crippen molar-refractivity contribution in [1.82, 2.24) is 5.32 Å². The second-order valence-electron chi connectivity index (χ2n) is 3.71. The van der Waals surface area contributed by atoms with Crippen molar-refractivity contribution in [2.75, 3.05) is 11.9 Å². The summed E-state index contributed by atoms with van der Waals surface area (Å²) in [7, 11) is 0. The first-order chi connectivity index (χ1) is 7.09. The summed E-state index contributed by atoms with van der Waals surface area (Å²) in [5, 5.41) is 5.97. The summed E-state index contributed by atoms with van der Waals surface area (Å²) in [6.45, 7) is 4.72. The molecule has 0 fully saturated rings. The minimum atomic E-state index is -0.225. The quantitative estimate of drug-likeness (QED) is 0.817. The number of hydrogen-bond acceptors (Lipinski definition) is 1. The van der Waals surface area contributed by atoms with E-state index < -0.39 is 0 Å². The molecule has 0 saturated heterocycles. The van der Waals surface area contributed by atoms with Gasteiger partial charge in [0, 0.05) is 6.54 Å². The van der Waals surface area contributed by atoms with Crippen LogP contribution < -0.4 is 10.6 Å². The number of amides is 2. The molecule has 0 aromatic heterocycles. The van der Waals surface area contributed by atoms with Gasteiger partial charge in [-0.2, -0.15) is 0 Å². The van der Waals surface area contributed by atoms with Crippen LogP contribution in [0.3, 0.4) is 0 Å². The Labute approximate surface area is 94.8 Å². The van der Waals surface area contributed by atoms with Crippen LogP contribution in [0, 0.1) is 5.92 Å². The van der Waals surface area contributed by atoms with E-state index in [1.165, 1.54) is 0 Å². The van der Waals surface area contributed by atoms with Crippen molar-refractivity contribution in [1.29, 1.82) is 0 Å². The van der Waals surface area contributed by atoms with Gasteiger partial charge in [-0.05, 0) is 18.1 Å². The van der Waals surface area contributed by atoms with Gasteiger partial charge < -0.3 is 10.6 Å². The van der Waals surface area contributed by atoms with Crippen LogP contribution in [0.25, 0.3) is 0 Å². The number of benzene rings is 1. The average Bonchev–Trinajstić information content (AvgIpc) is 2.18. The summed E-state index contributed by atoms with van der Waals surface area (Å²) < 4.78 is 0. The highest BCUT2D eigenvalue weighted by atomic mass is 35.5. The predicted octanol–water partition coefficient (Wildman–Crippen LogP) is 3.12. The minimum Gasteiger partial charge on any atom is -0.338 e. The molecule has 0 atom stereocenters. The zero-order chi connectivity index (χ0) is 11.3. The molecule has 0 aliphatic rings. The Kier molecular flexibility index (Phi) is 4.43. The van der Waals surface area contributed by atoms with E-state index in [4.69, 9.17) is 11.6 Å². The number of para-hydroxylation sites is 1. The number of anilines is 1. The molecule has 4 heteroatoms. The number of hydrogen-bond donors (Lipinski definition) is 2. The first-order valence-electron chi connectivity index (χ1n) is 4.89. The molecule has 1 rings (SSSR count). The van der Waals surface area contributed by atoms with E-state index in [0.29, 0.717) is 23.2 Å². The Hall–Kier alpha value is -1.22. The Morgan fingerprint density at radius 3 is 2.67 bits per heavy atom. The van der Waals surface area contributed by atoms with Gasteiger partial charge in [-0.15, -0.1) is 0 Å². The molecule has 0 saturated carbocycles. The summed E-state index contributed by atoms with van der Waals surface area (Å²) in [5.74, 6) is 0.432. The van der Waals surface area contributed by atoms with Crippen molar-refractivity contribution in [2.45, 2.75) is 13.8 Å². The summed E-state index contributed by atoms with van der Waals surface area (Å²) in [6.07, 6.45) is 0. The van der Waals surface area contributed by atoms with Gasteiger partial charge in [-0.1, -0.05) is 37.6 Å². The molecule has 0 heterocycles. The van der Waals surface area contributed by atoms with Crippen LogP contribution in [0.15, 0.2) is 24.3 Å². The van der Waals surface area contributed by atoms with Crippen molar-refractivity contribution < 1.29 is 4.79 Å². The van der Waals surface area contributed by atoms with Crippen LogP contribution in [0.1, 0.15) is 13.8 Å². The highest BCUT2D eigenvalue weighted by Gasteiger charge is 2.04. The fourth-order valence-corrected chi connectivity index (χ4v) is 1.21. The number of carbonyl (C=O) groups excluding carboxylic acids is 1. The molecule has 0 unspecified atom stereocenters. The van der Waals surface area contributed by atoms with Gasteiger partial charge in [-0.3, -0.25) is 0 Å². The number of rotatable bonds is 3. The van der Waals surface area contributed by atoms with E-state index in [1.54, 1.807) is 12.1 Å². The van der Waals surface area contributed by atoms with E-state index in [2.05, 4.69) is 10.6 Å². The maximum atomic E-state index is 11.4. The number of urea groups is 1. The van der Waals surface area contributed by atoms with Crippen LogP contribution in [0.4, 0.5) is 10.5 Å². The van der Waals surface area contributed by atoms with Crippen molar-refractivity contribution in [3.05, 3.63) is 29.3 Å². The van der Waals surface area contributed by atoms with Gasteiger partial charge >= 0.3 is 6.03 Å². The molecule has 0 spiro atoms. The summed E-state index contributed by atoms with van der Waals surface area (Å²) >= 11 is 5.89. The third kappa shape index (κ3) is 4.21. The molecule has 2 N–H and O–H groups in total. The monoisotopic (exact) mass is 226 g/mol. The number of halogens is 1. The third-order valence-electron chi connectivity index (χ3n) is 1.79.